The zero-order valence-corrected chi connectivity index (χ0v) is 25.2. The maximum atomic E-state index is 16.1. The molecule has 4 heterocycles. The zero-order valence-electron chi connectivity index (χ0n) is 22.1. The Bertz CT molecular complexity index is 1770. The highest BCUT2D eigenvalue weighted by Gasteiger charge is 2.68. The first-order valence-corrected chi connectivity index (χ1v) is 15.4. The van der Waals surface area contributed by atoms with E-state index < -0.39 is 17.3 Å². The summed E-state index contributed by atoms with van der Waals surface area (Å²) in [5.74, 6) is -0.230. The predicted octanol–water partition coefficient (Wildman–Crippen LogP) is 7.29. The molecule has 210 valence electrons. The molecule has 0 radical (unpaired) electrons. The van der Waals surface area contributed by atoms with Crippen LogP contribution >= 0.6 is 39.1 Å². The fourth-order valence-electron chi connectivity index (χ4n) is 7.57. The number of rotatable bonds is 3. The van der Waals surface area contributed by atoms with Crippen molar-refractivity contribution in [1.82, 2.24) is 14.7 Å². The summed E-state index contributed by atoms with van der Waals surface area (Å²) in [6.07, 6.45) is 2.21. The van der Waals surface area contributed by atoms with E-state index in [-0.39, 0.29) is 22.9 Å². The first-order chi connectivity index (χ1) is 19.8. The van der Waals surface area contributed by atoms with E-state index in [4.69, 9.17) is 33.0 Å². The van der Waals surface area contributed by atoms with E-state index in [2.05, 4.69) is 26.1 Å². The van der Waals surface area contributed by atoms with E-state index in [1.165, 1.54) is 0 Å². The summed E-state index contributed by atoms with van der Waals surface area (Å²) in [7, 11) is 0. The monoisotopic (exact) mass is 654 g/mol. The summed E-state index contributed by atoms with van der Waals surface area (Å²) >= 11 is 16.4. The number of fused-ring (bicyclic) bond motifs is 6. The minimum Gasteiger partial charge on any atom is -0.476 e. The number of carbonyl (C=O) groups is 1. The maximum absolute atomic E-state index is 16.1. The molecule has 3 aliphatic heterocycles. The van der Waals surface area contributed by atoms with Gasteiger partial charge in [0.2, 0.25) is 11.8 Å². The molecular weight excluding hydrogens is 630 g/mol. The lowest BCUT2D eigenvalue weighted by Gasteiger charge is -2.40. The van der Waals surface area contributed by atoms with Gasteiger partial charge >= 0.3 is 0 Å². The number of hydrogen-bond donors (Lipinski definition) is 1. The number of aryl methyl sites for hydroxylation is 1. The van der Waals surface area contributed by atoms with E-state index in [9.17, 15) is 4.79 Å². The Morgan fingerprint density at radius 3 is 2.83 bits per heavy atom. The van der Waals surface area contributed by atoms with Crippen molar-refractivity contribution in [2.24, 2.45) is 11.8 Å². The summed E-state index contributed by atoms with van der Waals surface area (Å²) in [5.41, 5.74) is 2.65. The normalized spacial score (nSPS) is 27.0. The Hall–Kier alpha value is -2.65. The Kier molecular flexibility index (Phi) is 5.82. The first kappa shape index (κ1) is 26.0. The third kappa shape index (κ3) is 3.63. The summed E-state index contributed by atoms with van der Waals surface area (Å²) in [5, 5.41) is 9.61. The number of halogens is 4. The van der Waals surface area contributed by atoms with Crippen molar-refractivity contribution in [3.63, 3.8) is 0 Å². The van der Waals surface area contributed by atoms with Gasteiger partial charge in [0.25, 0.3) is 0 Å². The van der Waals surface area contributed by atoms with Gasteiger partial charge in [0, 0.05) is 45.7 Å². The summed E-state index contributed by atoms with van der Waals surface area (Å²) in [4.78, 5) is 16.7. The minimum atomic E-state index is -1.16. The van der Waals surface area contributed by atoms with Gasteiger partial charge in [0.1, 0.15) is 18.0 Å². The van der Waals surface area contributed by atoms with Gasteiger partial charge in [-0.15, -0.1) is 0 Å². The average Bonchev–Trinajstić information content (AvgIpc) is 3.61. The highest BCUT2D eigenvalue weighted by molar-refractivity contribution is 9.10. The molecule has 4 aliphatic rings. The van der Waals surface area contributed by atoms with Crippen LogP contribution in [0.2, 0.25) is 10.0 Å². The summed E-state index contributed by atoms with van der Waals surface area (Å²) < 4.78 is 25.6. The molecule has 3 aromatic carbocycles. The number of amides is 1. The predicted molar refractivity (Wildman–Crippen MR) is 160 cm³/mol. The van der Waals surface area contributed by atoms with Gasteiger partial charge in [-0.1, -0.05) is 57.3 Å². The molecule has 1 N–H and O–H groups in total. The first-order valence-electron chi connectivity index (χ1n) is 13.9. The number of hydrogen-bond acceptors (Lipinski definition) is 4. The fourth-order valence-corrected chi connectivity index (χ4v) is 8.25. The van der Waals surface area contributed by atoms with Gasteiger partial charge in [-0.25, -0.2) is 9.07 Å². The van der Waals surface area contributed by atoms with Crippen molar-refractivity contribution >= 4 is 61.6 Å². The molecule has 1 aromatic heterocycles. The lowest BCUT2D eigenvalue weighted by molar-refractivity contribution is -0.128. The van der Waals surface area contributed by atoms with Crippen LogP contribution in [0.15, 0.2) is 53.0 Å². The van der Waals surface area contributed by atoms with Gasteiger partial charge in [0.05, 0.1) is 22.0 Å². The van der Waals surface area contributed by atoms with Crippen molar-refractivity contribution in [2.75, 3.05) is 18.5 Å². The molecule has 1 amide bonds. The van der Waals surface area contributed by atoms with Crippen LogP contribution in [0.1, 0.15) is 35.4 Å². The molecule has 0 unspecified atom stereocenters. The smallest absolute Gasteiger partial charge is 0.250 e. The van der Waals surface area contributed by atoms with Crippen LogP contribution in [-0.4, -0.2) is 39.8 Å². The van der Waals surface area contributed by atoms with E-state index in [0.29, 0.717) is 47.8 Å². The number of ether oxygens (including phenoxy) is 1. The highest BCUT2D eigenvalue weighted by Crippen LogP contribution is 2.61. The van der Waals surface area contributed by atoms with Crippen LogP contribution in [0, 0.1) is 24.6 Å². The Balaban J connectivity index is 1.38. The topological polar surface area (TPSA) is 59.4 Å². The number of likely N-dealkylation sites (tertiary alicyclic amines) is 1. The SMILES string of the molecule is Cc1c(Br)ccc2nn3c(c12)OC[C@H]1[C@@H](C3)[C@H](c2cccc(Cl)c2F)[C@]2(C(=O)Nc3cc(Cl)ccc32)N1CC1CC1. The molecule has 1 saturated carbocycles. The molecule has 4 aromatic rings. The third-order valence-electron chi connectivity index (χ3n) is 9.51. The second-order valence-corrected chi connectivity index (χ2v) is 13.4. The van der Waals surface area contributed by atoms with Gasteiger partial charge in [0.15, 0.2) is 0 Å². The Morgan fingerprint density at radius 2 is 2.02 bits per heavy atom. The molecule has 0 bridgehead atoms. The lowest BCUT2D eigenvalue weighted by Crippen LogP contribution is -2.53. The largest absolute Gasteiger partial charge is 0.476 e. The number of benzene rings is 3. The molecular formula is C31H26BrCl2FN4O2. The molecule has 1 aliphatic carbocycles. The van der Waals surface area contributed by atoms with E-state index >= 15 is 4.39 Å². The van der Waals surface area contributed by atoms with Crippen molar-refractivity contribution in [3.05, 3.63) is 85.6 Å². The lowest BCUT2D eigenvalue weighted by atomic mass is 9.71. The van der Waals surface area contributed by atoms with Crippen LogP contribution in [0.4, 0.5) is 10.1 Å². The molecule has 4 atom stereocenters. The number of nitrogens with zero attached hydrogens (tertiary/aromatic N) is 3. The van der Waals surface area contributed by atoms with Crippen LogP contribution in [0.25, 0.3) is 10.9 Å². The van der Waals surface area contributed by atoms with Gasteiger partial charge in [-0.3, -0.25) is 9.69 Å². The molecule has 6 nitrogen and oxygen atoms in total. The fraction of sp³-hybridized carbons (Fsp3) is 0.355. The quantitative estimate of drug-likeness (QED) is 0.252. The van der Waals surface area contributed by atoms with E-state index in [0.717, 1.165) is 39.3 Å². The van der Waals surface area contributed by atoms with Gasteiger partial charge in [-0.2, -0.15) is 5.10 Å². The van der Waals surface area contributed by atoms with Gasteiger partial charge < -0.3 is 10.1 Å². The van der Waals surface area contributed by atoms with E-state index in [1.807, 2.05) is 35.9 Å². The van der Waals surface area contributed by atoms with Crippen molar-refractivity contribution in [1.29, 1.82) is 0 Å². The Morgan fingerprint density at radius 1 is 1.20 bits per heavy atom. The van der Waals surface area contributed by atoms with Crippen LogP contribution in [0.3, 0.4) is 0 Å². The molecule has 1 saturated heterocycles. The highest BCUT2D eigenvalue weighted by atomic mass is 79.9. The van der Waals surface area contributed by atoms with E-state index in [1.54, 1.807) is 24.3 Å². The average molecular weight is 656 g/mol. The van der Waals surface area contributed by atoms with Crippen molar-refractivity contribution in [2.45, 2.75) is 43.8 Å². The van der Waals surface area contributed by atoms with Gasteiger partial charge in [-0.05, 0) is 67.1 Å². The van der Waals surface area contributed by atoms with Crippen LogP contribution < -0.4 is 10.1 Å². The Labute approximate surface area is 254 Å². The number of carbonyl (C=O) groups excluding carboxylic acids is 1. The standard InChI is InChI=1S/C31H26BrCl2FN4O2/c1-15-21(32)9-10-23-26(15)29-39(37-23)13-19-25(14-41-29)38(12-16-5-6-16)31(27(19)18-3-2-4-22(34)28(18)35)20-8-7-17(33)11-24(20)36-30(31)40/h2-4,7-11,16,19,25,27H,5-6,12-14H2,1H3,(H,36,40)/t19-,25+,27+,31-/m1/s1. The van der Waals surface area contributed by atoms with Crippen molar-refractivity contribution < 1.29 is 13.9 Å². The second-order valence-electron chi connectivity index (χ2n) is 11.7. The van der Waals surface area contributed by atoms with Crippen LogP contribution in [-0.2, 0) is 16.9 Å². The second kappa shape index (κ2) is 9.17. The van der Waals surface area contributed by atoms with Crippen molar-refractivity contribution in [3.8, 4) is 5.88 Å². The maximum Gasteiger partial charge on any atom is 0.250 e. The molecule has 10 heteroatoms. The van der Waals surface area contributed by atoms with Crippen LogP contribution in [0.5, 0.6) is 5.88 Å². The zero-order chi connectivity index (χ0) is 28.2. The minimum absolute atomic E-state index is 0.0421. The molecule has 1 spiro atoms. The number of aromatic nitrogens is 2. The molecule has 2 fully saturated rings. The third-order valence-corrected chi connectivity index (χ3v) is 10.9. The molecule has 41 heavy (non-hydrogen) atoms. The number of anilines is 1. The molecule has 8 rings (SSSR count). The number of nitrogens with one attached hydrogen (secondary N) is 1. The summed E-state index contributed by atoms with van der Waals surface area (Å²) in [6.45, 7) is 3.57. The summed E-state index contributed by atoms with van der Waals surface area (Å²) in [6, 6.07) is 14.4.